The van der Waals surface area contributed by atoms with Crippen molar-refractivity contribution in [2.45, 2.75) is 11.8 Å². The molecule has 1 heterocycles. The number of amides is 2. The molecule has 1 aliphatic rings. The van der Waals surface area contributed by atoms with E-state index in [1.54, 1.807) is 23.9 Å². The molecule has 0 radical (unpaired) electrons. The van der Waals surface area contributed by atoms with Crippen LogP contribution >= 0.6 is 23.4 Å². The summed E-state index contributed by atoms with van der Waals surface area (Å²) in [6, 6.07) is 21.6. The van der Waals surface area contributed by atoms with E-state index in [1.165, 1.54) is 17.1 Å². The normalized spacial score (nSPS) is 17.7. The second kappa shape index (κ2) is 10.2. The highest BCUT2D eigenvalue weighted by atomic mass is 35.5. The maximum absolute atomic E-state index is 13.2. The van der Waals surface area contributed by atoms with Crippen LogP contribution in [-0.2, 0) is 5.41 Å². The highest BCUT2D eigenvalue weighted by Gasteiger charge is 2.46. The predicted molar refractivity (Wildman–Crippen MR) is 133 cm³/mol. The summed E-state index contributed by atoms with van der Waals surface area (Å²) < 4.78 is 41.1. The molecule has 1 N–H and O–H groups in total. The van der Waals surface area contributed by atoms with E-state index >= 15 is 0 Å². The average Bonchev–Trinajstić information content (AvgIpc) is 3.21. The number of urea groups is 1. The first-order valence-corrected chi connectivity index (χ1v) is 12.3. The molecule has 1 aliphatic heterocycles. The van der Waals surface area contributed by atoms with Gasteiger partial charge in [0.15, 0.2) is 0 Å². The highest BCUT2D eigenvalue weighted by molar-refractivity contribution is 7.98. The average molecular weight is 520 g/mol. The molecule has 4 rings (SSSR count). The van der Waals surface area contributed by atoms with E-state index in [9.17, 15) is 18.0 Å². The van der Waals surface area contributed by atoms with Crippen LogP contribution in [0.15, 0.2) is 84.0 Å². The molecule has 0 spiro atoms. The van der Waals surface area contributed by atoms with Crippen LogP contribution in [0, 0.1) is 0 Å². The highest BCUT2D eigenvalue weighted by Crippen LogP contribution is 2.38. The van der Waals surface area contributed by atoms with Gasteiger partial charge in [-0.3, -0.25) is 0 Å². The first-order valence-electron chi connectivity index (χ1n) is 10.5. The molecule has 5 nitrogen and oxygen atoms in total. The molecular formula is C25H21ClF3N3O2S. The van der Waals surface area contributed by atoms with E-state index in [2.05, 4.69) is 10.1 Å². The zero-order valence-electron chi connectivity index (χ0n) is 18.6. The summed E-state index contributed by atoms with van der Waals surface area (Å²) in [5.74, 6) is 0.300. The van der Waals surface area contributed by atoms with Crippen LogP contribution in [0.5, 0.6) is 5.75 Å². The number of alkyl halides is 3. The van der Waals surface area contributed by atoms with Gasteiger partial charge in [-0.2, -0.15) is 16.9 Å². The summed E-state index contributed by atoms with van der Waals surface area (Å²) in [7, 11) is 0. The molecule has 2 amide bonds. The lowest BCUT2D eigenvalue weighted by Crippen LogP contribution is -2.43. The molecule has 3 aromatic carbocycles. The molecule has 35 heavy (non-hydrogen) atoms. The van der Waals surface area contributed by atoms with Crippen molar-refractivity contribution in [3.05, 3.63) is 95.0 Å². The third kappa shape index (κ3) is 5.74. The fourth-order valence-electron chi connectivity index (χ4n) is 4.00. The van der Waals surface area contributed by atoms with Crippen LogP contribution in [0.1, 0.15) is 11.1 Å². The van der Waals surface area contributed by atoms with Crippen molar-refractivity contribution in [3.8, 4) is 5.75 Å². The standard InChI is InChI=1S/C25H21ClF3N3O2S/c1-35-16-24(18-5-3-2-4-6-18)15-32(31-22(24)17-7-9-19(26)10-8-17)23(33)30-20-11-13-21(14-12-20)34-25(27,28)29/h2-14H,15-16H2,1H3,(H,30,33). The summed E-state index contributed by atoms with van der Waals surface area (Å²) in [5.41, 5.74) is 2.34. The Hall–Kier alpha value is -3.17. The van der Waals surface area contributed by atoms with Gasteiger partial charge >= 0.3 is 12.4 Å². The number of nitrogens with zero attached hydrogens (tertiary/aromatic N) is 2. The van der Waals surface area contributed by atoms with E-state index in [0.717, 1.165) is 29.0 Å². The summed E-state index contributed by atoms with van der Waals surface area (Å²) in [5, 5.41) is 9.36. The number of anilines is 1. The van der Waals surface area contributed by atoms with Crippen LogP contribution in [0.25, 0.3) is 0 Å². The smallest absolute Gasteiger partial charge is 0.406 e. The zero-order chi connectivity index (χ0) is 25.1. The van der Waals surface area contributed by atoms with Gasteiger partial charge in [-0.1, -0.05) is 54.1 Å². The number of hydrogen-bond acceptors (Lipinski definition) is 4. The van der Waals surface area contributed by atoms with Gasteiger partial charge in [0.05, 0.1) is 17.7 Å². The molecule has 1 unspecified atom stereocenters. The summed E-state index contributed by atoms with van der Waals surface area (Å²) in [6.07, 6.45) is -2.79. The molecule has 182 valence electrons. The van der Waals surface area contributed by atoms with Crippen molar-refractivity contribution in [3.63, 3.8) is 0 Å². The summed E-state index contributed by atoms with van der Waals surface area (Å²) >= 11 is 7.74. The largest absolute Gasteiger partial charge is 0.573 e. The predicted octanol–water partition coefficient (Wildman–Crippen LogP) is 6.79. The van der Waals surface area contributed by atoms with Crippen molar-refractivity contribution < 1.29 is 22.7 Å². The van der Waals surface area contributed by atoms with Gasteiger partial charge in [0.1, 0.15) is 5.75 Å². The van der Waals surface area contributed by atoms with Crippen LogP contribution in [0.3, 0.4) is 0 Å². The number of hydrogen-bond donors (Lipinski definition) is 1. The number of ether oxygens (including phenoxy) is 1. The van der Waals surface area contributed by atoms with Crippen molar-refractivity contribution in [1.29, 1.82) is 0 Å². The number of benzene rings is 3. The lowest BCUT2D eigenvalue weighted by molar-refractivity contribution is -0.274. The maximum Gasteiger partial charge on any atom is 0.573 e. The van der Waals surface area contributed by atoms with Crippen molar-refractivity contribution in [2.75, 3.05) is 23.9 Å². The van der Waals surface area contributed by atoms with E-state index < -0.39 is 17.8 Å². The lowest BCUT2D eigenvalue weighted by Gasteiger charge is -2.31. The van der Waals surface area contributed by atoms with Gasteiger partial charge < -0.3 is 10.1 Å². The number of rotatable bonds is 6. The first-order chi connectivity index (χ1) is 16.7. The summed E-state index contributed by atoms with van der Waals surface area (Å²) in [4.78, 5) is 13.2. The fraction of sp³-hybridized carbons (Fsp3) is 0.200. The molecule has 10 heteroatoms. The van der Waals surface area contributed by atoms with Crippen molar-refractivity contribution in [1.82, 2.24) is 5.01 Å². The Labute approximate surface area is 209 Å². The minimum Gasteiger partial charge on any atom is -0.406 e. The molecule has 0 fully saturated rings. The van der Waals surface area contributed by atoms with Gasteiger partial charge in [-0.15, -0.1) is 13.2 Å². The monoisotopic (exact) mass is 519 g/mol. The number of thioether (sulfide) groups is 1. The van der Waals surface area contributed by atoms with E-state index in [-0.39, 0.29) is 12.3 Å². The third-order valence-electron chi connectivity index (χ3n) is 5.50. The Morgan fingerprint density at radius 3 is 2.34 bits per heavy atom. The van der Waals surface area contributed by atoms with Crippen LogP contribution in [0.2, 0.25) is 5.02 Å². The minimum absolute atomic E-state index is 0.289. The third-order valence-corrected chi connectivity index (χ3v) is 6.54. The SMILES string of the molecule is CSCC1(c2ccccc2)CN(C(=O)Nc2ccc(OC(F)(F)F)cc2)N=C1c1ccc(Cl)cc1. The summed E-state index contributed by atoms with van der Waals surface area (Å²) in [6.45, 7) is 0.289. The van der Waals surface area contributed by atoms with E-state index in [4.69, 9.17) is 16.7 Å². The minimum atomic E-state index is -4.79. The van der Waals surface area contributed by atoms with Crippen molar-refractivity contribution >= 4 is 40.8 Å². The van der Waals surface area contributed by atoms with Gasteiger partial charge in [0.2, 0.25) is 0 Å². The molecule has 0 aliphatic carbocycles. The Kier molecular flexibility index (Phi) is 7.28. The quantitative estimate of drug-likeness (QED) is 0.390. The van der Waals surface area contributed by atoms with Gasteiger partial charge in [-0.05, 0) is 53.8 Å². The first kappa shape index (κ1) is 24.9. The number of nitrogens with one attached hydrogen (secondary N) is 1. The van der Waals surface area contributed by atoms with Crippen LogP contribution in [0.4, 0.5) is 23.7 Å². The topological polar surface area (TPSA) is 53.9 Å². The zero-order valence-corrected chi connectivity index (χ0v) is 20.1. The Balaban J connectivity index is 1.64. The molecule has 0 aromatic heterocycles. The number of hydrazone groups is 1. The van der Waals surface area contributed by atoms with Gasteiger partial charge in [0, 0.05) is 16.5 Å². The molecule has 0 saturated carbocycles. The molecule has 0 bridgehead atoms. The van der Waals surface area contributed by atoms with Crippen LogP contribution < -0.4 is 10.1 Å². The molecule has 3 aromatic rings. The lowest BCUT2D eigenvalue weighted by atomic mass is 9.76. The Bertz CT molecular complexity index is 1210. The second-order valence-electron chi connectivity index (χ2n) is 7.90. The van der Waals surface area contributed by atoms with Crippen molar-refractivity contribution in [2.24, 2.45) is 5.10 Å². The van der Waals surface area contributed by atoms with E-state index in [1.807, 2.05) is 48.7 Å². The number of halogens is 4. The number of carbonyl (C=O) groups is 1. The Morgan fingerprint density at radius 2 is 1.74 bits per heavy atom. The number of carbonyl (C=O) groups excluding carboxylic acids is 1. The molecule has 1 atom stereocenters. The molecular weight excluding hydrogens is 499 g/mol. The Morgan fingerprint density at radius 1 is 1.09 bits per heavy atom. The van der Waals surface area contributed by atoms with Crippen LogP contribution in [-0.4, -0.2) is 41.7 Å². The maximum atomic E-state index is 13.2. The van der Waals surface area contributed by atoms with Gasteiger partial charge in [-0.25, -0.2) is 9.80 Å². The van der Waals surface area contributed by atoms with E-state index in [0.29, 0.717) is 16.5 Å². The fourth-order valence-corrected chi connectivity index (χ4v) is 5.01. The molecule has 0 saturated heterocycles. The second-order valence-corrected chi connectivity index (χ2v) is 9.20. The van der Waals surface area contributed by atoms with Gasteiger partial charge in [0.25, 0.3) is 0 Å².